The van der Waals surface area contributed by atoms with Crippen LogP contribution in [-0.2, 0) is 17.1 Å². The van der Waals surface area contributed by atoms with E-state index < -0.39 is 21.7 Å². The zero-order chi connectivity index (χ0) is 18.9. The second-order valence-corrected chi connectivity index (χ2v) is 8.59. The number of nitrogens with zero attached hydrogens (tertiary/aromatic N) is 2. The molecule has 0 atom stereocenters. The van der Waals surface area contributed by atoms with Crippen LogP contribution in [0.25, 0.3) is 0 Å². The maximum absolute atomic E-state index is 13.9. The van der Waals surface area contributed by atoms with Crippen molar-refractivity contribution in [3.63, 3.8) is 0 Å². The van der Waals surface area contributed by atoms with Crippen LogP contribution in [0.1, 0.15) is 29.8 Å². The Labute approximate surface area is 156 Å². The van der Waals surface area contributed by atoms with Crippen molar-refractivity contribution in [3.8, 4) is 0 Å². The summed E-state index contributed by atoms with van der Waals surface area (Å²) in [6.07, 6.45) is 4.07. The van der Waals surface area contributed by atoms with Crippen LogP contribution in [0.5, 0.6) is 0 Å². The number of anilines is 1. The van der Waals surface area contributed by atoms with Gasteiger partial charge in [-0.1, -0.05) is 18.0 Å². The van der Waals surface area contributed by atoms with E-state index in [1.165, 1.54) is 33.3 Å². The Kier molecular flexibility index (Phi) is 5.36. The SMILES string of the molecule is Cn1cc(S(=O)(=O)N2CCCCC2)cc1C(=O)Nc1ccc(Cl)cc1F. The number of rotatable bonds is 4. The zero-order valence-corrected chi connectivity index (χ0v) is 15.8. The molecule has 0 radical (unpaired) electrons. The Morgan fingerprint density at radius 3 is 2.54 bits per heavy atom. The van der Waals surface area contributed by atoms with Crippen molar-refractivity contribution in [1.29, 1.82) is 0 Å². The van der Waals surface area contributed by atoms with E-state index in [1.54, 1.807) is 7.05 Å². The fourth-order valence-electron chi connectivity index (χ4n) is 2.93. The number of piperidine rings is 1. The average Bonchev–Trinajstić information content (AvgIpc) is 3.01. The molecule has 2 aromatic rings. The number of hydrogen-bond donors (Lipinski definition) is 1. The first-order chi connectivity index (χ1) is 12.3. The van der Waals surface area contributed by atoms with Gasteiger partial charge in [0.05, 0.1) is 5.69 Å². The smallest absolute Gasteiger partial charge is 0.272 e. The van der Waals surface area contributed by atoms with Gasteiger partial charge in [-0.25, -0.2) is 12.8 Å². The van der Waals surface area contributed by atoms with Gasteiger partial charge in [-0.05, 0) is 37.1 Å². The van der Waals surface area contributed by atoms with Crippen LogP contribution in [0.2, 0.25) is 5.02 Å². The predicted octanol–water partition coefficient (Wildman–Crippen LogP) is 3.24. The topological polar surface area (TPSA) is 71.4 Å². The normalized spacial score (nSPS) is 15.8. The monoisotopic (exact) mass is 399 g/mol. The molecule has 9 heteroatoms. The summed E-state index contributed by atoms with van der Waals surface area (Å²) < 4.78 is 42.2. The summed E-state index contributed by atoms with van der Waals surface area (Å²) in [6, 6.07) is 5.21. The van der Waals surface area contributed by atoms with E-state index in [-0.39, 0.29) is 21.3 Å². The summed E-state index contributed by atoms with van der Waals surface area (Å²) in [5.74, 6) is -1.27. The number of sulfonamides is 1. The molecule has 6 nitrogen and oxygen atoms in total. The van der Waals surface area contributed by atoms with E-state index in [9.17, 15) is 17.6 Å². The average molecular weight is 400 g/mol. The van der Waals surface area contributed by atoms with Crippen molar-refractivity contribution in [2.24, 2.45) is 7.05 Å². The molecule has 1 aromatic carbocycles. The van der Waals surface area contributed by atoms with Crippen LogP contribution in [0.4, 0.5) is 10.1 Å². The van der Waals surface area contributed by atoms with Crippen molar-refractivity contribution >= 4 is 33.2 Å². The Hall–Kier alpha value is -1.90. The van der Waals surface area contributed by atoms with Gasteiger partial charge < -0.3 is 9.88 Å². The lowest BCUT2D eigenvalue weighted by Gasteiger charge is -2.25. The first-order valence-corrected chi connectivity index (χ1v) is 10.0. The van der Waals surface area contributed by atoms with Crippen LogP contribution in [0, 0.1) is 5.82 Å². The summed E-state index contributed by atoms with van der Waals surface area (Å²) in [5.41, 5.74) is 0.0935. The number of hydrogen-bond acceptors (Lipinski definition) is 3. The minimum Gasteiger partial charge on any atom is -0.345 e. The Bertz CT molecular complexity index is 937. The number of benzene rings is 1. The third kappa shape index (κ3) is 3.77. The van der Waals surface area contributed by atoms with Crippen molar-refractivity contribution in [2.75, 3.05) is 18.4 Å². The molecule has 1 aliphatic rings. The van der Waals surface area contributed by atoms with Gasteiger partial charge in [0.25, 0.3) is 5.91 Å². The fourth-order valence-corrected chi connectivity index (χ4v) is 4.68. The molecule has 1 aliphatic heterocycles. The van der Waals surface area contributed by atoms with Gasteiger partial charge in [0, 0.05) is 31.4 Å². The summed E-state index contributed by atoms with van der Waals surface area (Å²) in [7, 11) is -2.07. The van der Waals surface area contributed by atoms with Gasteiger partial charge in [0.15, 0.2) is 0 Å². The van der Waals surface area contributed by atoms with E-state index in [2.05, 4.69) is 5.32 Å². The van der Waals surface area contributed by atoms with Crippen LogP contribution in [0.15, 0.2) is 35.4 Å². The Morgan fingerprint density at radius 1 is 1.19 bits per heavy atom. The third-order valence-corrected chi connectivity index (χ3v) is 6.44. The lowest BCUT2D eigenvalue weighted by atomic mass is 10.2. The standard InChI is InChI=1S/C17H19ClFN3O3S/c1-21-11-13(26(24,25)22-7-3-2-4-8-22)10-16(21)17(23)20-15-6-5-12(18)9-14(15)19/h5-6,9-11H,2-4,7-8H2,1H3,(H,20,23). The molecule has 1 fully saturated rings. The highest BCUT2D eigenvalue weighted by Crippen LogP contribution is 2.24. The molecule has 3 rings (SSSR count). The first-order valence-electron chi connectivity index (χ1n) is 8.22. The number of halogens is 2. The van der Waals surface area contributed by atoms with Gasteiger partial charge >= 0.3 is 0 Å². The van der Waals surface area contributed by atoms with E-state index in [0.29, 0.717) is 13.1 Å². The van der Waals surface area contributed by atoms with Gasteiger partial charge in [0.1, 0.15) is 16.4 Å². The van der Waals surface area contributed by atoms with Crippen molar-refractivity contribution < 1.29 is 17.6 Å². The van der Waals surface area contributed by atoms with Crippen molar-refractivity contribution in [1.82, 2.24) is 8.87 Å². The quantitative estimate of drug-likeness (QED) is 0.857. The summed E-state index contributed by atoms with van der Waals surface area (Å²) in [4.78, 5) is 12.5. The highest BCUT2D eigenvalue weighted by atomic mass is 35.5. The number of aromatic nitrogens is 1. The minimum atomic E-state index is -3.64. The van der Waals surface area contributed by atoms with Gasteiger partial charge in [-0.2, -0.15) is 4.31 Å². The highest BCUT2D eigenvalue weighted by molar-refractivity contribution is 7.89. The molecule has 26 heavy (non-hydrogen) atoms. The molecular formula is C17H19ClFN3O3S. The molecule has 1 amide bonds. The van der Waals surface area contributed by atoms with E-state index >= 15 is 0 Å². The number of amides is 1. The number of aryl methyl sites for hydroxylation is 1. The zero-order valence-electron chi connectivity index (χ0n) is 14.2. The molecule has 0 saturated carbocycles. The molecule has 1 N–H and O–H groups in total. The third-order valence-electron chi connectivity index (χ3n) is 4.34. The second kappa shape index (κ2) is 7.38. The van der Waals surface area contributed by atoms with Crippen LogP contribution in [-0.4, -0.2) is 36.3 Å². The molecular weight excluding hydrogens is 381 g/mol. The molecule has 140 valence electrons. The first kappa shape index (κ1) is 18.9. The van der Waals surface area contributed by atoms with Crippen LogP contribution < -0.4 is 5.32 Å². The van der Waals surface area contributed by atoms with Gasteiger partial charge in [-0.15, -0.1) is 0 Å². The summed E-state index contributed by atoms with van der Waals surface area (Å²) >= 11 is 5.69. The van der Waals surface area contributed by atoms with E-state index in [4.69, 9.17) is 11.6 Å². The molecule has 0 bridgehead atoms. The molecule has 0 spiro atoms. The maximum Gasteiger partial charge on any atom is 0.272 e. The largest absolute Gasteiger partial charge is 0.345 e. The lowest BCUT2D eigenvalue weighted by Crippen LogP contribution is -2.35. The molecule has 0 aliphatic carbocycles. The maximum atomic E-state index is 13.9. The Morgan fingerprint density at radius 2 is 1.88 bits per heavy atom. The number of carbonyl (C=O) groups excluding carboxylic acids is 1. The van der Waals surface area contributed by atoms with Gasteiger partial charge in [-0.3, -0.25) is 4.79 Å². The molecule has 1 saturated heterocycles. The van der Waals surface area contributed by atoms with Crippen LogP contribution >= 0.6 is 11.6 Å². The second-order valence-electron chi connectivity index (χ2n) is 6.21. The summed E-state index contributed by atoms with van der Waals surface area (Å²) in [5, 5.41) is 2.65. The minimum absolute atomic E-state index is 0.0268. The lowest BCUT2D eigenvalue weighted by molar-refractivity contribution is 0.101. The number of carbonyl (C=O) groups is 1. The highest BCUT2D eigenvalue weighted by Gasteiger charge is 2.28. The molecule has 0 unspecified atom stereocenters. The van der Waals surface area contributed by atoms with Crippen molar-refractivity contribution in [2.45, 2.75) is 24.2 Å². The fraction of sp³-hybridized carbons (Fsp3) is 0.353. The van der Waals surface area contributed by atoms with Crippen molar-refractivity contribution in [3.05, 3.63) is 47.0 Å². The molecule has 1 aromatic heterocycles. The predicted molar refractivity (Wildman–Crippen MR) is 97.4 cm³/mol. The van der Waals surface area contributed by atoms with E-state index in [1.807, 2.05) is 0 Å². The summed E-state index contributed by atoms with van der Waals surface area (Å²) in [6.45, 7) is 0.962. The van der Waals surface area contributed by atoms with Crippen LogP contribution in [0.3, 0.4) is 0 Å². The molecule has 2 heterocycles. The Balaban J connectivity index is 1.84. The number of nitrogens with one attached hydrogen (secondary N) is 1. The van der Waals surface area contributed by atoms with E-state index in [0.717, 1.165) is 25.3 Å². The van der Waals surface area contributed by atoms with Gasteiger partial charge in [0.2, 0.25) is 10.0 Å².